The molecular formula is C16H11ClF3NO2S. The summed E-state index contributed by atoms with van der Waals surface area (Å²) in [6.07, 6.45) is -3.41. The van der Waals surface area contributed by atoms with Gasteiger partial charge in [0, 0.05) is 11.6 Å². The lowest BCUT2D eigenvalue weighted by molar-refractivity contribution is -0.137. The van der Waals surface area contributed by atoms with Gasteiger partial charge in [0.25, 0.3) is 10.0 Å². The molecule has 2 aromatic carbocycles. The molecule has 0 N–H and O–H groups in total. The van der Waals surface area contributed by atoms with Crippen LogP contribution in [0.25, 0.3) is 10.9 Å². The van der Waals surface area contributed by atoms with E-state index in [9.17, 15) is 21.6 Å². The maximum absolute atomic E-state index is 12.9. The van der Waals surface area contributed by atoms with Crippen molar-refractivity contribution in [2.75, 3.05) is 0 Å². The normalized spacial score (nSPS) is 12.7. The summed E-state index contributed by atoms with van der Waals surface area (Å²) in [5.74, 6) is 0. The van der Waals surface area contributed by atoms with Crippen LogP contribution in [0.15, 0.2) is 53.6 Å². The molecule has 3 aromatic rings. The van der Waals surface area contributed by atoms with Crippen molar-refractivity contribution < 1.29 is 21.6 Å². The number of aromatic nitrogens is 1. The molecular weight excluding hydrogens is 363 g/mol. The van der Waals surface area contributed by atoms with Crippen LogP contribution in [0.5, 0.6) is 0 Å². The summed E-state index contributed by atoms with van der Waals surface area (Å²) in [6.45, 7) is 1.82. The number of hydrogen-bond acceptors (Lipinski definition) is 2. The highest BCUT2D eigenvalue weighted by Gasteiger charge is 2.34. The smallest absolute Gasteiger partial charge is 0.241 e. The number of halogens is 4. The van der Waals surface area contributed by atoms with Gasteiger partial charge >= 0.3 is 6.18 Å². The first-order valence-electron chi connectivity index (χ1n) is 6.81. The molecule has 0 aliphatic carbocycles. The SMILES string of the molecule is Cc1ccc(S(=O)(=O)n2ccc3c(Cl)c(C(F)(F)F)ccc32)cc1. The minimum atomic E-state index is -4.61. The fourth-order valence-electron chi connectivity index (χ4n) is 2.41. The average molecular weight is 374 g/mol. The summed E-state index contributed by atoms with van der Waals surface area (Å²) < 4.78 is 65.1. The van der Waals surface area contributed by atoms with E-state index in [2.05, 4.69) is 0 Å². The van der Waals surface area contributed by atoms with Gasteiger partial charge in [-0.15, -0.1) is 0 Å². The van der Waals surface area contributed by atoms with E-state index in [-0.39, 0.29) is 15.8 Å². The summed E-state index contributed by atoms with van der Waals surface area (Å²) in [5.41, 5.74) is -0.0140. The Hall–Kier alpha value is -1.99. The van der Waals surface area contributed by atoms with Crippen LogP contribution in [0, 0.1) is 6.92 Å². The Morgan fingerprint density at radius 1 is 1.00 bits per heavy atom. The van der Waals surface area contributed by atoms with E-state index in [1.807, 2.05) is 6.92 Å². The van der Waals surface area contributed by atoms with Crippen molar-refractivity contribution in [3.05, 3.63) is 64.8 Å². The molecule has 0 amide bonds. The Bertz CT molecular complexity index is 1020. The van der Waals surface area contributed by atoms with Crippen molar-refractivity contribution >= 4 is 32.5 Å². The minimum Gasteiger partial charge on any atom is -0.241 e. The molecule has 0 fully saturated rings. The van der Waals surface area contributed by atoms with E-state index in [0.29, 0.717) is 0 Å². The van der Waals surface area contributed by atoms with E-state index in [1.165, 1.54) is 24.4 Å². The van der Waals surface area contributed by atoms with Gasteiger partial charge < -0.3 is 0 Å². The topological polar surface area (TPSA) is 39.1 Å². The third kappa shape index (κ3) is 2.67. The van der Waals surface area contributed by atoms with E-state index < -0.39 is 26.8 Å². The standard InChI is InChI=1S/C16H11ClF3NO2S/c1-10-2-4-11(5-3-10)24(22,23)21-9-8-12-14(21)7-6-13(15(12)17)16(18,19)20/h2-9H,1H3. The lowest BCUT2D eigenvalue weighted by Crippen LogP contribution is -2.12. The van der Waals surface area contributed by atoms with Gasteiger partial charge in [0.05, 0.1) is 21.0 Å². The molecule has 0 aliphatic heterocycles. The summed E-state index contributed by atoms with van der Waals surface area (Å²) in [7, 11) is -3.93. The summed E-state index contributed by atoms with van der Waals surface area (Å²) in [4.78, 5) is 0.0432. The number of benzene rings is 2. The molecule has 3 rings (SSSR count). The molecule has 0 aliphatic rings. The first-order chi connectivity index (χ1) is 11.1. The van der Waals surface area contributed by atoms with Crippen molar-refractivity contribution in [3.8, 4) is 0 Å². The van der Waals surface area contributed by atoms with Crippen molar-refractivity contribution in [1.29, 1.82) is 0 Å². The molecule has 1 aromatic heterocycles. The predicted molar refractivity (Wildman–Crippen MR) is 85.7 cm³/mol. The van der Waals surface area contributed by atoms with Gasteiger partial charge in [-0.3, -0.25) is 0 Å². The summed E-state index contributed by atoms with van der Waals surface area (Å²) >= 11 is 5.83. The third-order valence-corrected chi connectivity index (χ3v) is 5.77. The van der Waals surface area contributed by atoms with Crippen LogP contribution in [0.4, 0.5) is 13.2 Å². The van der Waals surface area contributed by atoms with Crippen LogP contribution in [0.3, 0.4) is 0 Å². The summed E-state index contributed by atoms with van der Waals surface area (Å²) in [6, 6.07) is 9.34. The monoisotopic (exact) mass is 373 g/mol. The van der Waals surface area contributed by atoms with Crippen LogP contribution in [-0.2, 0) is 16.2 Å². The Kier molecular flexibility index (Phi) is 3.88. The molecule has 3 nitrogen and oxygen atoms in total. The van der Waals surface area contributed by atoms with Gasteiger partial charge in [0.2, 0.25) is 0 Å². The third-order valence-electron chi connectivity index (χ3n) is 3.65. The lowest BCUT2D eigenvalue weighted by atomic mass is 10.1. The highest BCUT2D eigenvalue weighted by Crippen LogP contribution is 2.39. The Labute approximate surface area is 141 Å². The second kappa shape index (κ2) is 5.53. The van der Waals surface area contributed by atoms with Gasteiger partial charge in [0.1, 0.15) is 0 Å². The van der Waals surface area contributed by atoms with Crippen molar-refractivity contribution in [1.82, 2.24) is 3.97 Å². The minimum absolute atomic E-state index is 0.0298. The summed E-state index contributed by atoms with van der Waals surface area (Å²) in [5, 5.41) is -0.486. The van der Waals surface area contributed by atoms with Gasteiger partial charge in [-0.2, -0.15) is 13.2 Å². The molecule has 1 heterocycles. The molecule has 8 heteroatoms. The van der Waals surface area contributed by atoms with Crippen LogP contribution < -0.4 is 0 Å². The predicted octanol–water partition coefficient (Wildman–Crippen LogP) is 4.86. The molecule has 126 valence electrons. The van der Waals surface area contributed by atoms with Gasteiger partial charge in [-0.1, -0.05) is 29.3 Å². The van der Waals surface area contributed by atoms with Crippen molar-refractivity contribution in [2.24, 2.45) is 0 Å². The van der Waals surface area contributed by atoms with Gasteiger partial charge in [-0.05, 0) is 37.3 Å². The van der Waals surface area contributed by atoms with Crippen LogP contribution in [0.1, 0.15) is 11.1 Å². The number of fused-ring (bicyclic) bond motifs is 1. The molecule has 24 heavy (non-hydrogen) atoms. The number of nitrogens with zero attached hydrogens (tertiary/aromatic N) is 1. The molecule has 0 spiro atoms. The number of rotatable bonds is 2. The molecule has 0 saturated carbocycles. The Balaban J connectivity index is 2.22. The zero-order chi connectivity index (χ0) is 17.7. The molecule has 0 unspecified atom stereocenters. The largest absolute Gasteiger partial charge is 0.417 e. The van der Waals surface area contributed by atoms with Gasteiger partial charge in [-0.25, -0.2) is 12.4 Å². The molecule has 0 saturated heterocycles. The first-order valence-corrected chi connectivity index (χ1v) is 8.63. The Morgan fingerprint density at radius 2 is 1.62 bits per heavy atom. The second-order valence-corrected chi connectivity index (χ2v) is 7.48. The zero-order valence-electron chi connectivity index (χ0n) is 12.3. The van der Waals surface area contributed by atoms with Crippen LogP contribution in [0.2, 0.25) is 5.02 Å². The highest BCUT2D eigenvalue weighted by atomic mass is 35.5. The second-order valence-electron chi connectivity index (χ2n) is 5.29. The zero-order valence-corrected chi connectivity index (χ0v) is 13.9. The van der Waals surface area contributed by atoms with E-state index in [1.54, 1.807) is 12.1 Å². The fourth-order valence-corrected chi connectivity index (χ4v) is 4.08. The maximum atomic E-state index is 12.9. The number of hydrogen-bond donors (Lipinski definition) is 0. The van der Waals surface area contributed by atoms with Crippen molar-refractivity contribution in [3.63, 3.8) is 0 Å². The number of alkyl halides is 3. The van der Waals surface area contributed by atoms with E-state index in [0.717, 1.165) is 21.7 Å². The lowest BCUT2D eigenvalue weighted by Gasteiger charge is -2.11. The van der Waals surface area contributed by atoms with Crippen LogP contribution >= 0.6 is 11.6 Å². The maximum Gasteiger partial charge on any atom is 0.417 e. The van der Waals surface area contributed by atoms with Gasteiger partial charge in [0.15, 0.2) is 0 Å². The van der Waals surface area contributed by atoms with E-state index in [4.69, 9.17) is 11.6 Å². The van der Waals surface area contributed by atoms with E-state index >= 15 is 0 Å². The number of aryl methyl sites for hydroxylation is 1. The first kappa shape index (κ1) is 16.9. The average Bonchev–Trinajstić information content (AvgIpc) is 2.92. The van der Waals surface area contributed by atoms with Crippen molar-refractivity contribution in [2.45, 2.75) is 18.0 Å². The molecule has 0 radical (unpaired) electrons. The molecule has 0 bridgehead atoms. The molecule has 0 atom stereocenters. The highest BCUT2D eigenvalue weighted by molar-refractivity contribution is 7.90. The fraction of sp³-hybridized carbons (Fsp3) is 0.125. The quantitative estimate of drug-likeness (QED) is 0.643. The Morgan fingerprint density at radius 3 is 2.21 bits per heavy atom. The van der Waals surface area contributed by atoms with Crippen LogP contribution in [-0.4, -0.2) is 12.4 Å².